The first-order valence-corrected chi connectivity index (χ1v) is 7.80. The van der Waals surface area contributed by atoms with Crippen molar-refractivity contribution in [1.82, 2.24) is 5.32 Å². The monoisotopic (exact) mass is 322 g/mol. The lowest BCUT2D eigenvalue weighted by Gasteiger charge is -2.17. The van der Waals surface area contributed by atoms with E-state index in [-0.39, 0.29) is 5.91 Å². The summed E-state index contributed by atoms with van der Waals surface area (Å²) in [5.74, 6) is 1.70. The van der Waals surface area contributed by atoms with Gasteiger partial charge in [-0.05, 0) is 55.7 Å². The normalized spacial score (nSPS) is 18.6. The zero-order chi connectivity index (χ0) is 13.2. The first-order valence-electron chi connectivity index (χ1n) is 7.01. The highest BCUT2D eigenvalue weighted by Gasteiger charge is 2.41. The minimum atomic E-state index is 0.0457. The minimum Gasteiger partial charge on any atom is -0.325 e. The highest BCUT2D eigenvalue weighted by atomic mass is 79.9. The second-order valence-electron chi connectivity index (χ2n) is 5.64. The van der Waals surface area contributed by atoms with Crippen molar-refractivity contribution in [2.24, 2.45) is 11.8 Å². The number of rotatable bonds is 6. The summed E-state index contributed by atoms with van der Waals surface area (Å²) in [7, 11) is 0. The molecule has 2 aliphatic carbocycles. The molecule has 0 spiro atoms. The summed E-state index contributed by atoms with van der Waals surface area (Å²) in [6, 6.07) is 8.27. The molecule has 0 saturated heterocycles. The average Bonchev–Trinajstić information content (AvgIpc) is 3.24. The molecule has 3 rings (SSSR count). The lowest BCUT2D eigenvalue weighted by Crippen LogP contribution is -2.38. The van der Waals surface area contributed by atoms with E-state index in [1.165, 1.54) is 25.7 Å². The first-order chi connectivity index (χ1) is 9.22. The van der Waals surface area contributed by atoms with E-state index in [4.69, 9.17) is 0 Å². The second kappa shape index (κ2) is 5.63. The molecule has 0 atom stereocenters. The fraction of sp³-hybridized carbons (Fsp3) is 0.533. The molecule has 0 aliphatic heterocycles. The first kappa shape index (κ1) is 13.1. The average molecular weight is 323 g/mol. The van der Waals surface area contributed by atoms with Crippen molar-refractivity contribution >= 4 is 27.5 Å². The Hall–Kier alpha value is -0.870. The Bertz CT molecular complexity index is 457. The molecule has 0 unspecified atom stereocenters. The molecule has 0 bridgehead atoms. The molecule has 0 heterocycles. The van der Waals surface area contributed by atoms with Gasteiger partial charge in [-0.15, -0.1) is 0 Å². The van der Waals surface area contributed by atoms with Crippen LogP contribution in [0.25, 0.3) is 0 Å². The lowest BCUT2D eigenvalue weighted by atomic mass is 10.1. The molecule has 1 aromatic carbocycles. The van der Waals surface area contributed by atoms with Gasteiger partial charge in [0.2, 0.25) is 5.91 Å². The van der Waals surface area contributed by atoms with Crippen LogP contribution in [-0.4, -0.2) is 18.5 Å². The number of nitrogens with one attached hydrogen (secondary N) is 2. The van der Waals surface area contributed by atoms with Gasteiger partial charge in [0, 0.05) is 16.2 Å². The van der Waals surface area contributed by atoms with Crippen molar-refractivity contribution < 1.29 is 4.79 Å². The summed E-state index contributed by atoms with van der Waals surface area (Å²) in [5.41, 5.74) is 0.843. The molecule has 2 N–H and O–H groups in total. The smallest absolute Gasteiger partial charge is 0.238 e. The van der Waals surface area contributed by atoms with Crippen LogP contribution in [0.5, 0.6) is 0 Å². The van der Waals surface area contributed by atoms with Crippen molar-refractivity contribution in [2.45, 2.75) is 31.7 Å². The highest BCUT2D eigenvalue weighted by Crippen LogP contribution is 2.44. The molecule has 0 aromatic heterocycles. The van der Waals surface area contributed by atoms with E-state index < -0.39 is 0 Å². The summed E-state index contributed by atoms with van der Waals surface area (Å²) in [5, 5.41) is 6.38. The Labute approximate surface area is 122 Å². The molecule has 2 aliphatic rings. The predicted molar refractivity (Wildman–Crippen MR) is 80.0 cm³/mol. The quantitative estimate of drug-likeness (QED) is 0.844. The maximum atomic E-state index is 11.9. The van der Waals surface area contributed by atoms with Gasteiger partial charge in [-0.1, -0.05) is 22.0 Å². The number of carbonyl (C=O) groups excluding carboxylic acids is 1. The molecule has 19 heavy (non-hydrogen) atoms. The molecule has 2 fully saturated rings. The molecule has 3 nitrogen and oxygen atoms in total. The van der Waals surface area contributed by atoms with Crippen LogP contribution in [0.15, 0.2) is 28.7 Å². The highest BCUT2D eigenvalue weighted by molar-refractivity contribution is 9.10. The van der Waals surface area contributed by atoms with Gasteiger partial charge in [0.15, 0.2) is 0 Å². The van der Waals surface area contributed by atoms with Crippen LogP contribution in [0.3, 0.4) is 0 Å². The molecule has 1 amide bonds. The molecular formula is C15H19BrN2O. The van der Waals surface area contributed by atoms with Gasteiger partial charge < -0.3 is 10.6 Å². The third-order valence-corrected chi connectivity index (χ3v) is 4.36. The van der Waals surface area contributed by atoms with Gasteiger partial charge in [0.05, 0.1) is 6.54 Å². The van der Waals surface area contributed by atoms with E-state index >= 15 is 0 Å². The van der Waals surface area contributed by atoms with Crippen LogP contribution < -0.4 is 10.6 Å². The van der Waals surface area contributed by atoms with Crippen LogP contribution in [0.1, 0.15) is 25.7 Å². The number of carbonyl (C=O) groups is 1. The fourth-order valence-corrected chi connectivity index (χ4v) is 3.01. The van der Waals surface area contributed by atoms with E-state index in [1.807, 2.05) is 24.3 Å². The Balaban J connectivity index is 1.48. The molecule has 0 radical (unpaired) electrons. The summed E-state index contributed by atoms with van der Waals surface area (Å²) < 4.78 is 0.979. The zero-order valence-electron chi connectivity index (χ0n) is 10.9. The van der Waals surface area contributed by atoms with E-state index in [0.29, 0.717) is 12.6 Å². The van der Waals surface area contributed by atoms with E-state index in [1.54, 1.807) is 0 Å². The molecule has 4 heteroatoms. The standard InChI is InChI=1S/C15H19BrN2O/c16-12-2-1-3-13(8-12)18-14(19)9-17-15(10-4-5-10)11-6-7-11/h1-3,8,10-11,15,17H,4-7,9H2,(H,18,19). The topological polar surface area (TPSA) is 41.1 Å². The van der Waals surface area contributed by atoms with Crippen molar-refractivity contribution in [3.05, 3.63) is 28.7 Å². The van der Waals surface area contributed by atoms with Gasteiger partial charge >= 0.3 is 0 Å². The maximum absolute atomic E-state index is 11.9. The van der Waals surface area contributed by atoms with Gasteiger partial charge in [-0.2, -0.15) is 0 Å². The largest absolute Gasteiger partial charge is 0.325 e. The van der Waals surface area contributed by atoms with E-state index in [2.05, 4.69) is 26.6 Å². The molecule has 2 saturated carbocycles. The number of anilines is 1. The number of hydrogen-bond donors (Lipinski definition) is 2. The zero-order valence-corrected chi connectivity index (χ0v) is 12.4. The van der Waals surface area contributed by atoms with Crippen molar-refractivity contribution in [2.75, 3.05) is 11.9 Å². The third-order valence-electron chi connectivity index (χ3n) is 3.87. The maximum Gasteiger partial charge on any atom is 0.238 e. The van der Waals surface area contributed by atoms with Crippen molar-refractivity contribution in [1.29, 1.82) is 0 Å². The van der Waals surface area contributed by atoms with Gasteiger partial charge in [-0.25, -0.2) is 0 Å². The van der Waals surface area contributed by atoms with Gasteiger partial charge in [0.25, 0.3) is 0 Å². The Morgan fingerprint density at radius 3 is 2.53 bits per heavy atom. The number of hydrogen-bond acceptors (Lipinski definition) is 2. The van der Waals surface area contributed by atoms with Crippen molar-refractivity contribution in [3.8, 4) is 0 Å². The number of halogens is 1. The third kappa shape index (κ3) is 3.80. The minimum absolute atomic E-state index is 0.0457. The SMILES string of the molecule is O=C(CNC(C1CC1)C1CC1)Nc1cccc(Br)c1. The Morgan fingerprint density at radius 2 is 1.95 bits per heavy atom. The van der Waals surface area contributed by atoms with Crippen LogP contribution in [-0.2, 0) is 4.79 Å². The van der Waals surface area contributed by atoms with Crippen molar-refractivity contribution in [3.63, 3.8) is 0 Å². The summed E-state index contributed by atoms with van der Waals surface area (Å²) in [6.45, 7) is 0.421. The lowest BCUT2D eigenvalue weighted by molar-refractivity contribution is -0.115. The Morgan fingerprint density at radius 1 is 1.26 bits per heavy atom. The van der Waals surface area contributed by atoms with Crippen LogP contribution >= 0.6 is 15.9 Å². The summed E-state index contributed by atoms with van der Waals surface area (Å²) in [4.78, 5) is 11.9. The second-order valence-corrected chi connectivity index (χ2v) is 6.56. The molecular weight excluding hydrogens is 304 g/mol. The van der Waals surface area contributed by atoms with Crippen LogP contribution in [0.2, 0.25) is 0 Å². The van der Waals surface area contributed by atoms with Gasteiger partial charge in [0.1, 0.15) is 0 Å². The Kier molecular flexibility index (Phi) is 3.89. The molecule has 1 aromatic rings. The van der Waals surface area contributed by atoms with Gasteiger partial charge in [-0.3, -0.25) is 4.79 Å². The number of amides is 1. The van der Waals surface area contributed by atoms with Crippen LogP contribution in [0.4, 0.5) is 5.69 Å². The summed E-state index contributed by atoms with van der Waals surface area (Å²) >= 11 is 3.40. The molecule has 102 valence electrons. The summed E-state index contributed by atoms with van der Waals surface area (Å²) in [6.07, 6.45) is 5.34. The number of benzene rings is 1. The van der Waals surface area contributed by atoms with E-state index in [0.717, 1.165) is 22.0 Å². The fourth-order valence-electron chi connectivity index (χ4n) is 2.61. The van der Waals surface area contributed by atoms with Crippen LogP contribution in [0, 0.1) is 11.8 Å². The predicted octanol–water partition coefficient (Wildman–Crippen LogP) is 3.17. The van der Waals surface area contributed by atoms with E-state index in [9.17, 15) is 4.79 Å².